The minimum atomic E-state index is -0.495. The van der Waals surface area contributed by atoms with Crippen molar-refractivity contribution in [2.45, 2.75) is 31.8 Å². The van der Waals surface area contributed by atoms with E-state index in [9.17, 15) is 4.79 Å². The lowest BCUT2D eigenvalue weighted by Gasteiger charge is -2.30. The number of carbonyl (C=O) groups excluding carboxylic acids is 1. The van der Waals surface area contributed by atoms with Crippen LogP contribution < -0.4 is 0 Å². The summed E-state index contributed by atoms with van der Waals surface area (Å²) < 4.78 is 5.98. The standard InChI is InChI=1S/C21H25NO2/c1-4-24-20(21(23)22(2)3)19-17-11-7-5-9-15(17)13-14-16-10-6-8-12-18(16)19/h5-12,19-20H,4,13-14H2,1-3H3. The van der Waals surface area contributed by atoms with Gasteiger partial charge in [0.25, 0.3) is 5.91 Å². The van der Waals surface area contributed by atoms with E-state index in [1.165, 1.54) is 22.3 Å². The van der Waals surface area contributed by atoms with Crippen LogP contribution in [0.3, 0.4) is 0 Å². The van der Waals surface area contributed by atoms with E-state index >= 15 is 0 Å². The molecule has 0 saturated heterocycles. The molecule has 3 heteroatoms. The molecule has 2 aromatic carbocycles. The van der Waals surface area contributed by atoms with Crippen LogP contribution in [0.15, 0.2) is 48.5 Å². The van der Waals surface area contributed by atoms with Crippen LogP contribution in [0.5, 0.6) is 0 Å². The molecule has 0 bridgehead atoms. The van der Waals surface area contributed by atoms with Crippen molar-refractivity contribution in [3.63, 3.8) is 0 Å². The first-order valence-corrected chi connectivity index (χ1v) is 8.61. The first-order valence-electron chi connectivity index (χ1n) is 8.61. The summed E-state index contributed by atoms with van der Waals surface area (Å²) in [5.41, 5.74) is 5.07. The number of rotatable bonds is 4. The highest BCUT2D eigenvalue weighted by molar-refractivity contribution is 5.82. The Morgan fingerprint density at radius 2 is 1.54 bits per heavy atom. The van der Waals surface area contributed by atoms with Gasteiger partial charge < -0.3 is 9.64 Å². The Labute approximate surface area is 144 Å². The molecule has 0 aliphatic heterocycles. The maximum absolute atomic E-state index is 12.9. The van der Waals surface area contributed by atoms with E-state index in [1.54, 1.807) is 19.0 Å². The predicted octanol–water partition coefficient (Wildman–Crippen LogP) is 3.41. The molecular weight excluding hydrogens is 298 g/mol. The third-order valence-corrected chi connectivity index (χ3v) is 4.78. The van der Waals surface area contributed by atoms with E-state index < -0.39 is 6.10 Å². The van der Waals surface area contributed by atoms with Gasteiger partial charge in [-0.2, -0.15) is 0 Å². The summed E-state index contributed by atoms with van der Waals surface area (Å²) in [4.78, 5) is 14.5. The SMILES string of the molecule is CCOC(C(=O)N(C)C)C1c2ccccc2CCc2ccccc21. The first-order chi connectivity index (χ1) is 11.6. The molecule has 3 rings (SSSR count). The highest BCUT2D eigenvalue weighted by Gasteiger charge is 2.36. The summed E-state index contributed by atoms with van der Waals surface area (Å²) in [6.45, 7) is 2.47. The quantitative estimate of drug-likeness (QED) is 0.863. The van der Waals surface area contributed by atoms with Crippen LogP contribution in [0.2, 0.25) is 0 Å². The maximum Gasteiger partial charge on any atom is 0.252 e. The molecule has 0 fully saturated rings. The second kappa shape index (κ2) is 7.18. The highest BCUT2D eigenvalue weighted by Crippen LogP contribution is 2.38. The predicted molar refractivity (Wildman–Crippen MR) is 96.2 cm³/mol. The van der Waals surface area contributed by atoms with E-state index in [2.05, 4.69) is 48.5 Å². The number of fused-ring (bicyclic) bond motifs is 2. The molecule has 1 atom stereocenters. The van der Waals surface area contributed by atoms with Gasteiger partial charge >= 0.3 is 0 Å². The van der Waals surface area contributed by atoms with Crippen LogP contribution in [-0.2, 0) is 22.4 Å². The molecule has 1 amide bonds. The average Bonchev–Trinajstić information content (AvgIpc) is 2.76. The van der Waals surface area contributed by atoms with Crippen molar-refractivity contribution in [2.75, 3.05) is 20.7 Å². The number of aryl methyl sites for hydroxylation is 2. The fourth-order valence-corrected chi connectivity index (χ4v) is 3.64. The third-order valence-electron chi connectivity index (χ3n) is 4.78. The van der Waals surface area contributed by atoms with Gasteiger partial charge in [0.1, 0.15) is 6.10 Å². The third kappa shape index (κ3) is 3.09. The van der Waals surface area contributed by atoms with Crippen molar-refractivity contribution in [3.05, 3.63) is 70.8 Å². The first kappa shape index (κ1) is 16.7. The van der Waals surface area contributed by atoms with Crippen LogP contribution in [0.4, 0.5) is 0 Å². The molecule has 1 unspecified atom stereocenters. The van der Waals surface area contributed by atoms with Gasteiger partial charge in [0.2, 0.25) is 0 Å². The molecule has 1 aliphatic rings. The zero-order valence-corrected chi connectivity index (χ0v) is 14.7. The molecule has 0 saturated carbocycles. The van der Waals surface area contributed by atoms with E-state index in [4.69, 9.17) is 4.74 Å². The molecule has 3 nitrogen and oxygen atoms in total. The molecule has 0 spiro atoms. The highest BCUT2D eigenvalue weighted by atomic mass is 16.5. The van der Waals surface area contributed by atoms with Crippen LogP contribution in [0, 0.1) is 0 Å². The number of benzene rings is 2. The van der Waals surface area contributed by atoms with Gasteiger partial charge in [0, 0.05) is 26.6 Å². The Morgan fingerprint density at radius 3 is 2.00 bits per heavy atom. The van der Waals surface area contributed by atoms with Crippen molar-refractivity contribution < 1.29 is 9.53 Å². The van der Waals surface area contributed by atoms with Gasteiger partial charge in [0.05, 0.1) is 0 Å². The number of hydrogen-bond donors (Lipinski definition) is 0. The minimum absolute atomic E-state index is 0.0216. The summed E-state index contributed by atoms with van der Waals surface area (Å²) in [6, 6.07) is 16.9. The van der Waals surface area contributed by atoms with Gasteiger partial charge in [-0.05, 0) is 42.0 Å². The topological polar surface area (TPSA) is 29.5 Å². The lowest BCUT2D eigenvalue weighted by molar-refractivity contribution is -0.141. The summed E-state index contributed by atoms with van der Waals surface area (Å²) in [5, 5.41) is 0. The molecule has 0 aromatic heterocycles. The summed E-state index contributed by atoms with van der Waals surface area (Å²) in [6.07, 6.45) is 1.50. The molecule has 2 aromatic rings. The number of ether oxygens (including phenoxy) is 1. The van der Waals surface area contributed by atoms with Crippen LogP contribution in [0.1, 0.15) is 35.1 Å². The van der Waals surface area contributed by atoms with Crippen LogP contribution >= 0.6 is 0 Å². The Hall–Kier alpha value is -2.13. The van der Waals surface area contributed by atoms with E-state index in [0.717, 1.165) is 12.8 Å². The number of hydrogen-bond acceptors (Lipinski definition) is 2. The Balaban J connectivity index is 2.18. The van der Waals surface area contributed by atoms with Crippen molar-refractivity contribution in [3.8, 4) is 0 Å². The zero-order valence-electron chi connectivity index (χ0n) is 14.7. The van der Waals surface area contributed by atoms with E-state index in [-0.39, 0.29) is 11.8 Å². The van der Waals surface area contributed by atoms with Gasteiger partial charge in [-0.15, -0.1) is 0 Å². The molecule has 0 heterocycles. The Morgan fingerprint density at radius 1 is 1.04 bits per heavy atom. The molecule has 1 aliphatic carbocycles. The monoisotopic (exact) mass is 323 g/mol. The van der Waals surface area contributed by atoms with E-state index in [1.807, 2.05) is 6.92 Å². The normalized spacial score (nSPS) is 15.1. The van der Waals surface area contributed by atoms with Gasteiger partial charge in [-0.1, -0.05) is 48.5 Å². The maximum atomic E-state index is 12.9. The second-order valence-corrected chi connectivity index (χ2v) is 6.48. The lowest BCUT2D eigenvalue weighted by Crippen LogP contribution is -2.40. The zero-order chi connectivity index (χ0) is 17.1. The fourth-order valence-electron chi connectivity index (χ4n) is 3.64. The smallest absolute Gasteiger partial charge is 0.252 e. The van der Waals surface area contributed by atoms with Gasteiger partial charge in [-0.3, -0.25) is 4.79 Å². The van der Waals surface area contributed by atoms with Crippen molar-refractivity contribution in [2.24, 2.45) is 0 Å². The molecule has 0 N–H and O–H groups in total. The van der Waals surface area contributed by atoms with Crippen LogP contribution in [-0.4, -0.2) is 37.6 Å². The fraction of sp³-hybridized carbons (Fsp3) is 0.381. The second-order valence-electron chi connectivity index (χ2n) is 6.48. The number of likely N-dealkylation sites (N-methyl/N-ethyl adjacent to an activating group) is 1. The van der Waals surface area contributed by atoms with Crippen molar-refractivity contribution in [1.82, 2.24) is 4.90 Å². The summed E-state index contributed by atoms with van der Waals surface area (Å²) in [5.74, 6) is -0.0388. The van der Waals surface area contributed by atoms with Crippen molar-refractivity contribution in [1.29, 1.82) is 0 Å². The van der Waals surface area contributed by atoms with E-state index in [0.29, 0.717) is 6.61 Å². The summed E-state index contributed by atoms with van der Waals surface area (Å²) >= 11 is 0. The minimum Gasteiger partial charge on any atom is -0.368 e. The number of amides is 1. The Bertz CT molecular complexity index is 676. The molecule has 126 valence electrons. The molecule has 24 heavy (non-hydrogen) atoms. The van der Waals surface area contributed by atoms with Crippen LogP contribution in [0.25, 0.3) is 0 Å². The van der Waals surface area contributed by atoms with Gasteiger partial charge in [-0.25, -0.2) is 0 Å². The largest absolute Gasteiger partial charge is 0.368 e. The van der Waals surface area contributed by atoms with Crippen molar-refractivity contribution >= 4 is 5.91 Å². The lowest BCUT2D eigenvalue weighted by atomic mass is 9.83. The number of carbonyl (C=O) groups is 1. The molecular formula is C21H25NO2. The average molecular weight is 323 g/mol. The Kier molecular flexibility index (Phi) is 5.00. The summed E-state index contributed by atoms with van der Waals surface area (Å²) in [7, 11) is 3.59. The number of nitrogens with zero attached hydrogens (tertiary/aromatic N) is 1. The molecule has 0 radical (unpaired) electrons. The van der Waals surface area contributed by atoms with Gasteiger partial charge in [0.15, 0.2) is 0 Å².